The lowest BCUT2D eigenvalue weighted by Gasteiger charge is -2.07. The molecule has 0 radical (unpaired) electrons. The molecule has 1 amide bonds. The molecule has 0 rings (SSSR count). The van der Waals surface area contributed by atoms with Crippen LogP contribution in [-0.4, -0.2) is 32.5 Å². The fraction of sp³-hybridized carbons (Fsp3) is 0.333. The number of nitrogens with one attached hydrogen (secondary N) is 1. The van der Waals surface area contributed by atoms with Crippen molar-refractivity contribution < 1.29 is 19.1 Å². The van der Waals surface area contributed by atoms with E-state index >= 15 is 0 Å². The number of rotatable bonds is 7. The van der Waals surface area contributed by atoms with Crippen molar-refractivity contribution in [3.63, 3.8) is 0 Å². The van der Waals surface area contributed by atoms with Gasteiger partial charge in [-0.25, -0.2) is 0 Å². The number of aldehydes is 1. The van der Waals surface area contributed by atoms with Crippen LogP contribution in [0.5, 0.6) is 0 Å². The van der Waals surface area contributed by atoms with Crippen molar-refractivity contribution in [1.82, 2.24) is 5.32 Å². The molecule has 5 heteroatoms. The number of ether oxygens (including phenoxy) is 2. The van der Waals surface area contributed by atoms with Gasteiger partial charge in [-0.1, -0.05) is 13.2 Å². The van der Waals surface area contributed by atoms with Crippen LogP contribution in [0.1, 0.15) is 0 Å². The predicted octanol–water partition coefficient (Wildman–Crippen LogP) is -0.00810. The molecule has 0 spiro atoms. The molecule has 0 aliphatic heterocycles. The number of allylic oxidation sites excluding steroid dienone is 1. The van der Waals surface area contributed by atoms with Gasteiger partial charge in [-0.2, -0.15) is 0 Å². The molecule has 0 aliphatic rings. The largest absolute Gasteiger partial charge is 0.449 e. The summed E-state index contributed by atoms with van der Waals surface area (Å²) in [5, 5.41) is 2.47. The molecule has 0 unspecified atom stereocenters. The van der Waals surface area contributed by atoms with Crippen LogP contribution in [0.2, 0.25) is 0 Å². The van der Waals surface area contributed by atoms with Crippen molar-refractivity contribution >= 4 is 12.2 Å². The third-order valence-corrected chi connectivity index (χ3v) is 1.23. The van der Waals surface area contributed by atoms with Gasteiger partial charge in [-0.05, 0) is 0 Å². The number of carbonyl (C=O) groups is 2. The Labute approximate surface area is 82.4 Å². The van der Waals surface area contributed by atoms with E-state index in [9.17, 15) is 9.59 Å². The van der Waals surface area contributed by atoms with Gasteiger partial charge in [0.25, 0.3) is 5.91 Å². The van der Waals surface area contributed by atoms with E-state index in [0.717, 1.165) is 0 Å². The molecule has 0 aromatic heterocycles. The minimum Gasteiger partial charge on any atom is -0.449 e. The lowest BCUT2D eigenvalue weighted by atomic mass is 10.5. The van der Waals surface area contributed by atoms with E-state index in [1.54, 1.807) is 0 Å². The lowest BCUT2D eigenvalue weighted by Crippen LogP contribution is -2.28. The van der Waals surface area contributed by atoms with Gasteiger partial charge in [-0.3, -0.25) is 9.59 Å². The van der Waals surface area contributed by atoms with Crippen molar-refractivity contribution in [2.75, 3.05) is 20.3 Å². The van der Waals surface area contributed by atoms with Crippen LogP contribution in [0.4, 0.5) is 0 Å². The summed E-state index contributed by atoms with van der Waals surface area (Å²) in [5.41, 5.74) is 0. The van der Waals surface area contributed by atoms with Gasteiger partial charge in [0.15, 0.2) is 17.8 Å². The summed E-state index contributed by atoms with van der Waals surface area (Å²) in [4.78, 5) is 21.2. The molecule has 78 valence electrons. The van der Waals surface area contributed by atoms with Crippen LogP contribution in [-0.2, 0) is 19.1 Å². The Hall–Kier alpha value is -1.62. The maximum Gasteiger partial charge on any atom is 0.286 e. The smallest absolute Gasteiger partial charge is 0.286 e. The zero-order valence-corrected chi connectivity index (χ0v) is 8.04. The molecule has 0 saturated carbocycles. The number of carbonyl (C=O) groups excluding carboxylic acids is 2. The molecule has 0 saturated heterocycles. The van der Waals surface area contributed by atoms with Crippen LogP contribution in [0.3, 0.4) is 0 Å². The highest BCUT2D eigenvalue weighted by Crippen LogP contribution is 1.99. The predicted molar refractivity (Wildman–Crippen MR) is 50.3 cm³/mol. The summed E-state index contributed by atoms with van der Waals surface area (Å²) in [5.74, 6) is -0.819. The van der Waals surface area contributed by atoms with E-state index in [1.807, 2.05) is 0 Å². The highest BCUT2D eigenvalue weighted by atomic mass is 16.5. The molecular formula is C9H13NO4. The summed E-state index contributed by atoms with van der Waals surface area (Å²) in [6.07, 6.45) is 0.396. The van der Waals surface area contributed by atoms with Crippen molar-refractivity contribution in [2.45, 2.75) is 0 Å². The Morgan fingerprint density at radius 3 is 2.64 bits per heavy atom. The van der Waals surface area contributed by atoms with Gasteiger partial charge >= 0.3 is 0 Å². The second-order valence-electron chi connectivity index (χ2n) is 2.36. The van der Waals surface area contributed by atoms with Crippen LogP contribution in [0, 0.1) is 0 Å². The zero-order chi connectivity index (χ0) is 11.0. The summed E-state index contributed by atoms with van der Waals surface area (Å²) in [7, 11) is 1.52. The number of methoxy groups -OCH3 is 1. The molecule has 14 heavy (non-hydrogen) atoms. The number of hydrogen-bond donors (Lipinski definition) is 1. The van der Waals surface area contributed by atoms with E-state index < -0.39 is 5.91 Å². The molecule has 1 N–H and O–H groups in total. The Morgan fingerprint density at radius 1 is 1.50 bits per heavy atom. The van der Waals surface area contributed by atoms with Crippen molar-refractivity contribution in [3.8, 4) is 0 Å². The van der Waals surface area contributed by atoms with Gasteiger partial charge in [-0.15, -0.1) is 0 Å². The van der Waals surface area contributed by atoms with Gasteiger partial charge < -0.3 is 14.8 Å². The van der Waals surface area contributed by atoms with E-state index in [-0.39, 0.29) is 11.5 Å². The summed E-state index contributed by atoms with van der Waals surface area (Å²) >= 11 is 0. The maximum absolute atomic E-state index is 11.1. The third kappa shape index (κ3) is 5.10. The van der Waals surface area contributed by atoms with E-state index in [4.69, 9.17) is 4.74 Å². The van der Waals surface area contributed by atoms with Gasteiger partial charge in [0.05, 0.1) is 6.61 Å². The highest BCUT2D eigenvalue weighted by Gasteiger charge is 2.08. The first-order chi connectivity index (χ1) is 6.61. The molecular weight excluding hydrogens is 186 g/mol. The molecule has 0 heterocycles. The highest BCUT2D eigenvalue weighted by molar-refractivity contribution is 5.91. The first kappa shape index (κ1) is 12.4. The second-order valence-corrected chi connectivity index (χ2v) is 2.36. The normalized spacial score (nSPS) is 8.93. The van der Waals surface area contributed by atoms with Crippen LogP contribution in [0.25, 0.3) is 0 Å². The molecule has 0 atom stereocenters. The molecule has 0 fully saturated rings. The molecule has 0 aromatic rings. The summed E-state index contributed by atoms with van der Waals surface area (Å²) in [6, 6.07) is 0. The average molecular weight is 199 g/mol. The SMILES string of the molecule is C=C(C=O)OC(=C)C(=O)NCCOC. The standard InChI is InChI=1S/C9H13NO4/c1-7(6-11)14-8(2)9(12)10-4-5-13-3/h6H,1-2,4-5H2,3H3,(H,10,12). The number of hydrogen-bond acceptors (Lipinski definition) is 4. The first-order valence-electron chi connectivity index (χ1n) is 3.89. The Balaban J connectivity index is 3.82. The molecule has 0 aliphatic carbocycles. The van der Waals surface area contributed by atoms with Gasteiger partial charge in [0, 0.05) is 13.7 Å². The van der Waals surface area contributed by atoms with E-state index in [1.165, 1.54) is 7.11 Å². The molecule has 5 nitrogen and oxygen atoms in total. The quantitative estimate of drug-likeness (QED) is 0.271. The van der Waals surface area contributed by atoms with Gasteiger partial charge in [0.1, 0.15) is 0 Å². The summed E-state index contributed by atoms with van der Waals surface area (Å²) < 4.78 is 9.40. The van der Waals surface area contributed by atoms with Crippen molar-refractivity contribution in [1.29, 1.82) is 0 Å². The van der Waals surface area contributed by atoms with Crippen LogP contribution >= 0.6 is 0 Å². The zero-order valence-electron chi connectivity index (χ0n) is 8.04. The fourth-order valence-corrected chi connectivity index (χ4v) is 0.594. The van der Waals surface area contributed by atoms with Gasteiger partial charge in [0.2, 0.25) is 0 Å². The maximum atomic E-state index is 11.1. The average Bonchev–Trinajstić information content (AvgIpc) is 2.17. The Morgan fingerprint density at radius 2 is 2.14 bits per heavy atom. The minimum atomic E-state index is -0.495. The fourth-order valence-electron chi connectivity index (χ4n) is 0.594. The van der Waals surface area contributed by atoms with E-state index in [0.29, 0.717) is 19.4 Å². The monoisotopic (exact) mass is 199 g/mol. The van der Waals surface area contributed by atoms with Crippen molar-refractivity contribution in [3.05, 3.63) is 24.7 Å². The minimum absolute atomic E-state index is 0.156. The lowest BCUT2D eigenvalue weighted by molar-refractivity contribution is -0.120. The molecule has 0 bridgehead atoms. The first-order valence-corrected chi connectivity index (χ1v) is 3.89. The third-order valence-electron chi connectivity index (χ3n) is 1.23. The van der Waals surface area contributed by atoms with Crippen molar-refractivity contribution in [2.24, 2.45) is 0 Å². The second kappa shape index (κ2) is 6.85. The van der Waals surface area contributed by atoms with E-state index in [2.05, 4.69) is 23.2 Å². The topological polar surface area (TPSA) is 64.6 Å². The van der Waals surface area contributed by atoms with Crippen LogP contribution in [0.15, 0.2) is 24.7 Å². The summed E-state index contributed by atoms with van der Waals surface area (Å²) in [6.45, 7) is 7.31. The van der Waals surface area contributed by atoms with Crippen LogP contribution < -0.4 is 5.32 Å². The number of amides is 1. The Kier molecular flexibility index (Phi) is 6.06. The molecule has 0 aromatic carbocycles. The Bertz CT molecular complexity index is 247.